The molecule has 1 aliphatic heterocycles. The molecule has 1 N–H and O–H groups in total. The van der Waals surface area contributed by atoms with Crippen molar-refractivity contribution >= 4 is 17.8 Å². The van der Waals surface area contributed by atoms with E-state index in [4.69, 9.17) is 9.97 Å². The number of benzene rings is 1. The Balaban J connectivity index is 0.000000628. The van der Waals surface area contributed by atoms with Gasteiger partial charge >= 0.3 is 0 Å². The molecule has 162 valence electrons. The highest BCUT2D eigenvalue weighted by atomic mass is 19.1. The summed E-state index contributed by atoms with van der Waals surface area (Å²) in [6.07, 6.45) is 7.19. The van der Waals surface area contributed by atoms with Crippen molar-refractivity contribution in [2.75, 3.05) is 25.5 Å². The number of likely N-dealkylation sites (N-methyl/N-ethyl adjacent to an activating group) is 1. The van der Waals surface area contributed by atoms with E-state index < -0.39 is 0 Å². The minimum Gasteiger partial charge on any atom is -0.338 e. The molecule has 0 bridgehead atoms. The topological polar surface area (TPSA) is 71.0 Å². The molecule has 1 fully saturated rings. The van der Waals surface area contributed by atoms with Crippen molar-refractivity contribution in [3.05, 3.63) is 66.5 Å². The second-order valence-electron chi connectivity index (χ2n) is 7.51. The van der Waals surface area contributed by atoms with Gasteiger partial charge in [0.2, 0.25) is 0 Å². The molecule has 31 heavy (non-hydrogen) atoms. The molecule has 1 atom stereocenters. The Morgan fingerprint density at radius 2 is 1.94 bits per heavy atom. The van der Waals surface area contributed by atoms with E-state index in [1.54, 1.807) is 30.6 Å². The quantitative estimate of drug-likeness (QED) is 0.595. The summed E-state index contributed by atoms with van der Waals surface area (Å²) in [6, 6.07) is 12.3. The van der Waals surface area contributed by atoms with Crippen LogP contribution in [0.2, 0.25) is 0 Å². The van der Waals surface area contributed by atoms with E-state index in [1.165, 1.54) is 6.07 Å². The molecule has 0 saturated carbocycles. The van der Waals surface area contributed by atoms with Crippen LogP contribution in [0.3, 0.4) is 0 Å². The van der Waals surface area contributed by atoms with Crippen molar-refractivity contribution in [1.29, 1.82) is 0 Å². The fraction of sp³-hybridized carbons (Fsp3) is 0.333. The maximum Gasteiger partial charge on any atom is 0.146 e. The predicted octanol–water partition coefficient (Wildman–Crippen LogP) is 4.83. The first-order valence-corrected chi connectivity index (χ1v) is 10.5. The van der Waals surface area contributed by atoms with Crippen molar-refractivity contribution in [2.45, 2.75) is 32.1 Å². The zero-order valence-electron chi connectivity index (χ0n) is 18.0. The number of anilines is 2. The number of halogens is 1. The molecular formula is C24H28FN5O. The van der Waals surface area contributed by atoms with E-state index in [-0.39, 0.29) is 11.7 Å². The van der Waals surface area contributed by atoms with Gasteiger partial charge in [-0.15, -0.1) is 0 Å². The van der Waals surface area contributed by atoms with Crippen molar-refractivity contribution in [3.63, 3.8) is 0 Å². The van der Waals surface area contributed by atoms with E-state index in [2.05, 4.69) is 22.2 Å². The van der Waals surface area contributed by atoms with Gasteiger partial charge in [-0.3, -0.25) is 4.98 Å². The van der Waals surface area contributed by atoms with Crippen LogP contribution in [0.5, 0.6) is 0 Å². The van der Waals surface area contributed by atoms with Gasteiger partial charge in [-0.05, 0) is 50.7 Å². The number of aldehydes is 1. The number of nitrogens with one attached hydrogen (secondary N) is 1. The fourth-order valence-electron chi connectivity index (χ4n) is 3.46. The lowest BCUT2D eigenvalue weighted by molar-refractivity contribution is -0.107. The molecule has 1 aliphatic rings. The highest BCUT2D eigenvalue weighted by Crippen LogP contribution is 2.29. The minimum atomic E-state index is -0.305. The van der Waals surface area contributed by atoms with Crippen LogP contribution in [0.25, 0.3) is 11.3 Å². The van der Waals surface area contributed by atoms with Gasteiger partial charge in [-0.1, -0.05) is 19.1 Å². The van der Waals surface area contributed by atoms with Gasteiger partial charge < -0.3 is 15.0 Å². The first-order valence-electron chi connectivity index (χ1n) is 10.5. The number of para-hydroxylation sites is 1. The normalized spacial score (nSPS) is 16.2. The Morgan fingerprint density at radius 3 is 2.61 bits per heavy atom. The standard InChI is InChI=1S/C21H22FN5.C3H6O/c1-27-12-4-5-16(14-27)21-25-19(15-8-10-23-11-9-15)13-20(26-21)24-18-7-3-2-6-17(18)22;1-2-3-4/h2-3,6-11,13,16H,4-5,12,14H2,1H3,(H,24,25,26);3H,2H2,1H3. The predicted molar refractivity (Wildman–Crippen MR) is 121 cm³/mol. The molecule has 6 nitrogen and oxygen atoms in total. The molecule has 3 aromatic rings. The fourth-order valence-corrected chi connectivity index (χ4v) is 3.46. The van der Waals surface area contributed by atoms with Gasteiger partial charge in [-0.2, -0.15) is 0 Å². The van der Waals surface area contributed by atoms with E-state index in [0.717, 1.165) is 49.3 Å². The third-order valence-corrected chi connectivity index (χ3v) is 5.01. The molecular weight excluding hydrogens is 393 g/mol. The lowest BCUT2D eigenvalue weighted by Gasteiger charge is -2.29. The van der Waals surface area contributed by atoms with Gasteiger partial charge in [0, 0.05) is 42.9 Å². The van der Waals surface area contributed by atoms with E-state index in [1.807, 2.05) is 25.1 Å². The van der Waals surface area contributed by atoms with E-state index in [0.29, 0.717) is 17.9 Å². The average Bonchev–Trinajstić information content (AvgIpc) is 2.81. The van der Waals surface area contributed by atoms with Crippen LogP contribution in [0, 0.1) is 5.82 Å². The summed E-state index contributed by atoms with van der Waals surface area (Å²) in [6.45, 7) is 3.84. The van der Waals surface area contributed by atoms with Gasteiger partial charge in [0.1, 0.15) is 23.7 Å². The third kappa shape index (κ3) is 6.39. The molecule has 0 amide bonds. The average molecular weight is 422 g/mol. The SMILES string of the molecule is CCC=O.CN1CCCC(c2nc(Nc3ccccc3F)cc(-c3ccncc3)n2)C1. The molecule has 1 unspecified atom stereocenters. The zero-order chi connectivity index (χ0) is 22.1. The summed E-state index contributed by atoms with van der Waals surface area (Å²) in [7, 11) is 2.12. The smallest absolute Gasteiger partial charge is 0.146 e. The largest absolute Gasteiger partial charge is 0.338 e. The Labute approximate surface area is 182 Å². The Bertz CT molecular complexity index is 983. The van der Waals surface area contributed by atoms with Crippen molar-refractivity contribution in [2.24, 2.45) is 0 Å². The van der Waals surface area contributed by atoms with Crippen LogP contribution < -0.4 is 5.32 Å². The summed E-state index contributed by atoms with van der Waals surface area (Å²) < 4.78 is 14.1. The summed E-state index contributed by atoms with van der Waals surface area (Å²) in [4.78, 5) is 25.1. The number of nitrogens with zero attached hydrogens (tertiary/aromatic N) is 4. The van der Waals surface area contributed by atoms with Crippen LogP contribution in [0.15, 0.2) is 54.9 Å². The van der Waals surface area contributed by atoms with Gasteiger partial charge in [0.25, 0.3) is 0 Å². The summed E-state index contributed by atoms with van der Waals surface area (Å²) >= 11 is 0. The van der Waals surface area contributed by atoms with Gasteiger partial charge in [0.05, 0.1) is 11.4 Å². The maximum absolute atomic E-state index is 14.1. The molecule has 7 heteroatoms. The summed E-state index contributed by atoms with van der Waals surface area (Å²) in [5.41, 5.74) is 2.19. The zero-order valence-corrected chi connectivity index (χ0v) is 18.0. The van der Waals surface area contributed by atoms with Gasteiger partial charge in [0.15, 0.2) is 0 Å². The second-order valence-corrected chi connectivity index (χ2v) is 7.51. The lowest BCUT2D eigenvalue weighted by Crippen LogP contribution is -2.31. The van der Waals surface area contributed by atoms with Crippen molar-refractivity contribution in [3.8, 4) is 11.3 Å². The maximum atomic E-state index is 14.1. The number of carbonyl (C=O) groups is 1. The second kappa shape index (κ2) is 11.3. The third-order valence-electron chi connectivity index (χ3n) is 5.01. The monoisotopic (exact) mass is 421 g/mol. The molecule has 0 aliphatic carbocycles. The first kappa shape index (κ1) is 22.5. The number of rotatable bonds is 5. The Kier molecular flexibility index (Phi) is 8.18. The van der Waals surface area contributed by atoms with Crippen LogP contribution in [0.1, 0.15) is 37.9 Å². The molecule has 4 rings (SSSR count). The van der Waals surface area contributed by atoms with Gasteiger partial charge in [-0.25, -0.2) is 14.4 Å². The van der Waals surface area contributed by atoms with E-state index >= 15 is 0 Å². The molecule has 0 radical (unpaired) electrons. The molecule has 0 spiro atoms. The Morgan fingerprint density at radius 1 is 1.19 bits per heavy atom. The number of piperidine rings is 1. The summed E-state index contributed by atoms with van der Waals surface area (Å²) in [5.74, 6) is 1.37. The minimum absolute atomic E-state index is 0.270. The van der Waals surface area contributed by atoms with Crippen LogP contribution in [-0.4, -0.2) is 46.3 Å². The number of carbonyl (C=O) groups excluding carboxylic acids is 1. The van der Waals surface area contributed by atoms with Crippen molar-refractivity contribution in [1.82, 2.24) is 19.9 Å². The number of pyridine rings is 1. The van der Waals surface area contributed by atoms with E-state index in [9.17, 15) is 9.18 Å². The molecule has 1 saturated heterocycles. The highest BCUT2D eigenvalue weighted by molar-refractivity contribution is 5.65. The van der Waals surface area contributed by atoms with Crippen molar-refractivity contribution < 1.29 is 9.18 Å². The lowest BCUT2D eigenvalue weighted by atomic mass is 9.97. The molecule has 1 aromatic carbocycles. The highest BCUT2D eigenvalue weighted by Gasteiger charge is 2.22. The number of hydrogen-bond donors (Lipinski definition) is 1. The number of likely N-dealkylation sites (tertiary alicyclic amines) is 1. The number of hydrogen-bond acceptors (Lipinski definition) is 6. The first-order chi connectivity index (χ1) is 15.1. The number of aromatic nitrogens is 3. The van der Waals surface area contributed by atoms with Crippen LogP contribution in [0.4, 0.5) is 15.9 Å². The molecule has 2 aromatic heterocycles. The summed E-state index contributed by atoms with van der Waals surface area (Å²) in [5, 5.41) is 3.12. The Hall–Kier alpha value is -3.19. The van der Waals surface area contributed by atoms with Crippen LogP contribution >= 0.6 is 0 Å². The molecule has 3 heterocycles. The van der Waals surface area contributed by atoms with Crippen LogP contribution in [-0.2, 0) is 4.79 Å².